The van der Waals surface area contributed by atoms with Crippen molar-refractivity contribution < 1.29 is 27.1 Å². The smallest absolute Gasteiger partial charge is 0.342 e. The summed E-state index contributed by atoms with van der Waals surface area (Å²) in [5, 5.41) is 8.89. The normalized spacial score (nSPS) is 12.5. The van der Waals surface area contributed by atoms with Crippen LogP contribution in [0.2, 0.25) is 0 Å². The highest BCUT2D eigenvalue weighted by Gasteiger charge is 2.30. The van der Waals surface area contributed by atoms with Gasteiger partial charge in [0.15, 0.2) is 0 Å². The molecule has 17 heavy (non-hydrogen) atoms. The lowest BCUT2D eigenvalue weighted by atomic mass is 10.1. The highest BCUT2D eigenvalue weighted by molar-refractivity contribution is 6.20. The summed E-state index contributed by atoms with van der Waals surface area (Å²) in [5.74, 6) is -1.37. The van der Waals surface area contributed by atoms with Crippen LogP contribution in [0.15, 0.2) is 11.3 Å². The Morgan fingerprint density at radius 3 is 2.12 bits per heavy atom. The molecule has 2 N–H and O–H groups in total. The summed E-state index contributed by atoms with van der Waals surface area (Å²) in [4.78, 5) is 11.3. The fraction of sp³-hybridized carbons (Fsp3) is 0.556. The van der Waals surface area contributed by atoms with E-state index < -0.39 is 35.8 Å². The minimum atomic E-state index is -3.34. The van der Waals surface area contributed by atoms with Crippen LogP contribution >= 0.6 is 0 Å². The Hall–Kier alpha value is -1.60. The zero-order valence-electron chi connectivity index (χ0n) is 9.19. The molecular formula is C9H12F4N2O2. The Balaban J connectivity index is 5.51. The van der Waals surface area contributed by atoms with Gasteiger partial charge >= 0.3 is 5.97 Å². The molecule has 0 aliphatic carbocycles. The largest absolute Gasteiger partial charge is 0.462 e. The van der Waals surface area contributed by atoms with Gasteiger partial charge in [-0.15, -0.1) is 0 Å². The monoisotopic (exact) mass is 256 g/mol. The predicted molar refractivity (Wildman–Crippen MR) is 52.5 cm³/mol. The molecule has 0 heterocycles. The molecule has 0 amide bonds. The van der Waals surface area contributed by atoms with Crippen molar-refractivity contribution in [2.75, 3.05) is 13.7 Å². The number of carbonyl (C=O) groups excluding carboxylic acids is 1. The van der Waals surface area contributed by atoms with E-state index in [1.165, 1.54) is 6.92 Å². The summed E-state index contributed by atoms with van der Waals surface area (Å²) < 4.78 is 54.0. The van der Waals surface area contributed by atoms with Crippen molar-refractivity contribution in [2.24, 2.45) is 0 Å². The number of allylic oxidation sites excluding steroid dienone is 1. The number of ether oxygens (including phenoxy) is 1. The van der Waals surface area contributed by atoms with E-state index in [1.54, 1.807) is 0 Å². The molecule has 0 spiro atoms. The van der Waals surface area contributed by atoms with Crippen LogP contribution in [0.4, 0.5) is 17.6 Å². The molecule has 0 fully saturated rings. The second kappa shape index (κ2) is 6.87. The van der Waals surface area contributed by atoms with Crippen LogP contribution in [0.3, 0.4) is 0 Å². The topological polar surface area (TPSA) is 62.2 Å². The van der Waals surface area contributed by atoms with E-state index in [4.69, 9.17) is 5.41 Å². The highest BCUT2D eigenvalue weighted by Crippen LogP contribution is 2.17. The first-order valence-corrected chi connectivity index (χ1v) is 4.60. The number of esters is 1. The molecule has 0 saturated heterocycles. The van der Waals surface area contributed by atoms with Gasteiger partial charge in [-0.2, -0.15) is 0 Å². The van der Waals surface area contributed by atoms with Gasteiger partial charge in [0.1, 0.15) is 11.3 Å². The summed E-state index contributed by atoms with van der Waals surface area (Å²) >= 11 is 0. The predicted octanol–water partition coefficient (Wildman–Crippen LogP) is 1.57. The third-order valence-electron chi connectivity index (χ3n) is 1.72. The molecule has 0 unspecified atom stereocenters. The number of alkyl halides is 4. The number of nitrogens with one attached hydrogen (secondary N) is 2. The second-order valence-corrected chi connectivity index (χ2v) is 2.77. The number of carbonyl (C=O) groups is 1. The van der Waals surface area contributed by atoms with Crippen LogP contribution in [0, 0.1) is 5.41 Å². The van der Waals surface area contributed by atoms with E-state index in [9.17, 15) is 22.4 Å². The summed E-state index contributed by atoms with van der Waals surface area (Å²) in [5.41, 5.74) is -3.67. The van der Waals surface area contributed by atoms with E-state index in [2.05, 4.69) is 4.74 Å². The minimum absolute atomic E-state index is 0.168. The lowest BCUT2D eigenvalue weighted by Crippen LogP contribution is -2.29. The van der Waals surface area contributed by atoms with Crippen LogP contribution in [-0.4, -0.2) is 38.2 Å². The van der Waals surface area contributed by atoms with Gasteiger partial charge in [0.05, 0.1) is 12.3 Å². The molecule has 0 saturated carbocycles. The molecule has 4 nitrogen and oxygen atoms in total. The first-order valence-electron chi connectivity index (χ1n) is 4.60. The summed E-state index contributed by atoms with van der Waals surface area (Å²) in [6.45, 7) is 1.22. The summed E-state index contributed by atoms with van der Waals surface area (Å²) in [6.07, 6.45) is -6.52. The molecule has 0 bridgehead atoms. The molecular weight excluding hydrogens is 244 g/mol. The first-order chi connectivity index (χ1) is 7.86. The molecule has 0 aromatic rings. The van der Waals surface area contributed by atoms with Crippen LogP contribution < -0.4 is 5.32 Å². The summed E-state index contributed by atoms with van der Waals surface area (Å²) in [6, 6.07) is 0. The van der Waals surface area contributed by atoms with Crippen molar-refractivity contribution in [3.05, 3.63) is 11.3 Å². The SMILES string of the molecule is CCOC(=O)/C(C(=N)C(F)F)=C(/NC)C(F)F. The second-order valence-electron chi connectivity index (χ2n) is 2.77. The van der Waals surface area contributed by atoms with Gasteiger partial charge in [0.2, 0.25) is 0 Å². The summed E-state index contributed by atoms with van der Waals surface area (Å²) in [7, 11) is 1.04. The van der Waals surface area contributed by atoms with E-state index in [1.807, 2.05) is 5.32 Å². The maximum atomic E-state index is 12.5. The average Bonchev–Trinajstić information content (AvgIpc) is 2.24. The lowest BCUT2D eigenvalue weighted by Gasteiger charge is -2.14. The fourth-order valence-corrected chi connectivity index (χ4v) is 1.02. The van der Waals surface area contributed by atoms with Gasteiger partial charge in [-0.25, -0.2) is 22.4 Å². The maximum absolute atomic E-state index is 12.5. The van der Waals surface area contributed by atoms with Crippen molar-refractivity contribution in [1.82, 2.24) is 5.32 Å². The fourth-order valence-electron chi connectivity index (χ4n) is 1.02. The zero-order chi connectivity index (χ0) is 13.6. The molecule has 0 radical (unpaired) electrons. The van der Waals surface area contributed by atoms with Crippen molar-refractivity contribution in [2.45, 2.75) is 19.8 Å². The van der Waals surface area contributed by atoms with Crippen molar-refractivity contribution in [1.29, 1.82) is 5.41 Å². The first kappa shape index (κ1) is 15.4. The molecule has 0 aliphatic heterocycles. The third kappa shape index (κ3) is 4.04. The van der Waals surface area contributed by atoms with E-state index in [-0.39, 0.29) is 6.61 Å². The van der Waals surface area contributed by atoms with Crippen LogP contribution in [0.25, 0.3) is 0 Å². The van der Waals surface area contributed by atoms with Crippen LogP contribution in [0.1, 0.15) is 6.92 Å². The van der Waals surface area contributed by atoms with E-state index >= 15 is 0 Å². The van der Waals surface area contributed by atoms with Gasteiger partial charge in [0, 0.05) is 7.05 Å². The Bertz CT molecular complexity index is 329. The van der Waals surface area contributed by atoms with Gasteiger partial charge < -0.3 is 10.1 Å². The van der Waals surface area contributed by atoms with Crippen molar-refractivity contribution in [3.8, 4) is 0 Å². The number of hydrogen-bond acceptors (Lipinski definition) is 4. The molecule has 0 aromatic heterocycles. The Kier molecular flexibility index (Phi) is 6.22. The molecule has 0 rings (SSSR count). The third-order valence-corrected chi connectivity index (χ3v) is 1.72. The van der Waals surface area contributed by atoms with Gasteiger partial charge in [0.25, 0.3) is 12.9 Å². The average molecular weight is 256 g/mol. The maximum Gasteiger partial charge on any atom is 0.342 e. The Morgan fingerprint density at radius 1 is 1.29 bits per heavy atom. The lowest BCUT2D eigenvalue weighted by molar-refractivity contribution is -0.138. The molecule has 0 aliphatic rings. The molecule has 98 valence electrons. The van der Waals surface area contributed by atoms with Crippen LogP contribution in [-0.2, 0) is 9.53 Å². The Labute approximate surface area is 95.1 Å². The van der Waals surface area contributed by atoms with Gasteiger partial charge in [-0.05, 0) is 6.92 Å². The minimum Gasteiger partial charge on any atom is -0.462 e. The van der Waals surface area contributed by atoms with Crippen molar-refractivity contribution in [3.63, 3.8) is 0 Å². The number of hydrogen-bond donors (Lipinski definition) is 2. The molecule has 0 atom stereocenters. The Morgan fingerprint density at radius 2 is 1.82 bits per heavy atom. The number of rotatable bonds is 6. The molecule has 0 aromatic carbocycles. The standard InChI is InChI=1S/C9H12F4N2O2/c1-3-17-9(16)4(5(14)7(10)11)6(15-2)8(12)13/h7-8,14-15H,3H2,1-2H3/b6-4+,14-5?. The van der Waals surface area contributed by atoms with Gasteiger partial charge in [-0.3, -0.25) is 5.41 Å². The number of halogens is 4. The van der Waals surface area contributed by atoms with Crippen molar-refractivity contribution >= 4 is 11.7 Å². The zero-order valence-corrected chi connectivity index (χ0v) is 9.19. The van der Waals surface area contributed by atoms with Gasteiger partial charge in [-0.1, -0.05) is 0 Å². The molecule has 8 heteroatoms. The van der Waals surface area contributed by atoms with E-state index in [0.29, 0.717) is 0 Å². The quantitative estimate of drug-likeness (QED) is 0.328. The van der Waals surface area contributed by atoms with E-state index in [0.717, 1.165) is 7.05 Å². The van der Waals surface area contributed by atoms with Crippen LogP contribution in [0.5, 0.6) is 0 Å². The highest BCUT2D eigenvalue weighted by atomic mass is 19.3.